The normalized spacial score (nSPS) is 26.0. The molecule has 0 aliphatic heterocycles. The summed E-state index contributed by atoms with van der Waals surface area (Å²) >= 11 is 0. The SMILES string of the molecule is NNC(=NCC(C1CC1)C1CC1)NC1CC1. The second-order valence-electron chi connectivity index (χ2n) is 5.59. The summed E-state index contributed by atoms with van der Waals surface area (Å²) in [5.74, 6) is 9.05. The van der Waals surface area contributed by atoms with Crippen molar-refractivity contribution >= 4 is 5.96 Å². The Labute approximate surface area is 97.0 Å². The highest BCUT2D eigenvalue weighted by Crippen LogP contribution is 2.49. The topological polar surface area (TPSA) is 62.4 Å². The average molecular weight is 222 g/mol. The summed E-state index contributed by atoms with van der Waals surface area (Å²) in [5.41, 5.74) is 2.69. The highest BCUT2D eigenvalue weighted by atomic mass is 15.3. The zero-order chi connectivity index (χ0) is 11.0. The van der Waals surface area contributed by atoms with Crippen LogP contribution in [0.15, 0.2) is 4.99 Å². The first kappa shape index (κ1) is 10.4. The van der Waals surface area contributed by atoms with Gasteiger partial charge in [0.05, 0.1) is 0 Å². The highest BCUT2D eigenvalue weighted by molar-refractivity contribution is 5.79. The molecule has 0 aromatic carbocycles. The second kappa shape index (κ2) is 4.24. The maximum atomic E-state index is 5.48. The zero-order valence-corrected chi connectivity index (χ0v) is 9.78. The standard InChI is InChI=1S/C12H22N4/c13-16-12(15-10-5-6-10)14-7-11(8-1-2-8)9-3-4-9/h8-11H,1-7,13H2,(H2,14,15,16). The van der Waals surface area contributed by atoms with Crippen LogP contribution in [0.25, 0.3) is 0 Å². The molecule has 0 atom stereocenters. The lowest BCUT2D eigenvalue weighted by Gasteiger charge is -2.14. The first-order valence-corrected chi connectivity index (χ1v) is 6.64. The Balaban J connectivity index is 1.52. The largest absolute Gasteiger partial charge is 0.353 e. The summed E-state index contributed by atoms with van der Waals surface area (Å²) < 4.78 is 0. The minimum absolute atomic E-state index is 0.620. The molecule has 90 valence electrons. The van der Waals surface area contributed by atoms with Crippen LogP contribution in [0.4, 0.5) is 0 Å². The fourth-order valence-electron chi connectivity index (χ4n) is 2.48. The maximum Gasteiger partial charge on any atom is 0.205 e. The molecule has 0 radical (unpaired) electrons. The van der Waals surface area contributed by atoms with Crippen molar-refractivity contribution in [2.75, 3.05) is 6.54 Å². The number of rotatable bonds is 5. The molecule has 3 aliphatic rings. The van der Waals surface area contributed by atoms with Crippen molar-refractivity contribution in [3.63, 3.8) is 0 Å². The van der Waals surface area contributed by atoms with Gasteiger partial charge in [-0.15, -0.1) is 0 Å². The van der Waals surface area contributed by atoms with Crippen LogP contribution in [0.1, 0.15) is 38.5 Å². The summed E-state index contributed by atoms with van der Waals surface area (Å²) in [6.45, 7) is 0.967. The predicted octanol–water partition coefficient (Wildman–Crippen LogP) is 0.994. The Morgan fingerprint density at radius 2 is 1.75 bits per heavy atom. The Hall–Kier alpha value is -0.770. The molecule has 4 N–H and O–H groups in total. The van der Waals surface area contributed by atoms with Gasteiger partial charge in [0.15, 0.2) is 0 Å². The maximum absolute atomic E-state index is 5.48. The number of hydrogen-bond donors (Lipinski definition) is 3. The minimum atomic E-state index is 0.620. The van der Waals surface area contributed by atoms with Crippen LogP contribution in [0.5, 0.6) is 0 Å². The van der Waals surface area contributed by atoms with E-state index in [1.165, 1.54) is 38.5 Å². The van der Waals surface area contributed by atoms with Crippen LogP contribution in [0.2, 0.25) is 0 Å². The molecule has 0 aromatic rings. The van der Waals surface area contributed by atoms with Crippen molar-refractivity contribution in [1.29, 1.82) is 0 Å². The molecule has 0 unspecified atom stereocenters. The number of nitrogens with one attached hydrogen (secondary N) is 2. The average Bonchev–Trinajstić information content (AvgIpc) is 3.16. The van der Waals surface area contributed by atoms with Crippen molar-refractivity contribution in [3.05, 3.63) is 0 Å². The quantitative estimate of drug-likeness (QED) is 0.281. The highest BCUT2D eigenvalue weighted by Gasteiger charge is 2.41. The van der Waals surface area contributed by atoms with Gasteiger partial charge in [-0.1, -0.05) is 0 Å². The summed E-state index contributed by atoms with van der Waals surface area (Å²) in [6.07, 6.45) is 8.23. The summed E-state index contributed by atoms with van der Waals surface area (Å²) in [4.78, 5) is 4.61. The van der Waals surface area contributed by atoms with E-state index in [0.717, 1.165) is 30.3 Å². The fourth-order valence-corrected chi connectivity index (χ4v) is 2.48. The lowest BCUT2D eigenvalue weighted by atomic mass is 9.98. The number of nitrogens with two attached hydrogens (primary N) is 1. The van der Waals surface area contributed by atoms with Gasteiger partial charge in [-0.2, -0.15) is 0 Å². The van der Waals surface area contributed by atoms with Gasteiger partial charge >= 0.3 is 0 Å². The van der Waals surface area contributed by atoms with Gasteiger partial charge in [-0.05, 0) is 56.3 Å². The van der Waals surface area contributed by atoms with E-state index in [1.54, 1.807) is 0 Å². The van der Waals surface area contributed by atoms with Gasteiger partial charge in [0.2, 0.25) is 5.96 Å². The van der Waals surface area contributed by atoms with Gasteiger partial charge < -0.3 is 5.32 Å². The van der Waals surface area contributed by atoms with Gasteiger partial charge in [-0.25, -0.2) is 5.84 Å². The van der Waals surface area contributed by atoms with Crippen LogP contribution in [-0.4, -0.2) is 18.5 Å². The summed E-state index contributed by atoms with van der Waals surface area (Å²) in [7, 11) is 0. The predicted molar refractivity (Wildman–Crippen MR) is 64.7 cm³/mol. The Bertz CT molecular complexity index is 265. The molecule has 0 spiro atoms. The minimum Gasteiger partial charge on any atom is -0.353 e. The molecule has 3 saturated carbocycles. The number of hydrogen-bond acceptors (Lipinski definition) is 2. The van der Waals surface area contributed by atoms with Gasteiger partial charge in [-0.3, -0.25) is 10.4 Å². The third kappa shape index (κ3) is 2.67. The first-order valence-electron chi connectivity index (χ1n) is 6.64. The van der Waals surface area contributed by atoms with Crippen LogP contribution in [-0.2, 0) is 0 Å². The van der Waals surface area contributed by atoms with Crippen molar-refractivity contribution < 1.29 is 0 Å². The van der Waals surface area contributed by atoms with Crippen LogP contribution < -0.4 is 16.6 Å². The first-order chi connectivity index (χ1) is 7.86. The molecule has 4 nitrogen and oxygen atoms in total. The molecule has 0 saturated heterocycles. The van der Waals surface area contributed by atoms with Crippen molar-refractivity contribution in [1.82, 2.24) is 10.7 Å². The van der Waals surface area contributed by atoms with E-state index in [9.17, 15) is 0 Å². The molecule has 4 heteroatoms. The van der Waals surface area contributed by atoms with E-state index in [2.05, 4.69) is 15.7 Å². The molecular formula is C12H22N4. The Kier molecular flexibility index (Phi) is 2.75. The molecule has 3 fully saturated rings. The van der Waals surface area contributed by atoms with E-state index in [4.69, 9.17) is 5.84 Å². The number of nitrogens with zero attached hydrogens (tertiary/aromatic N) is 1. The van der Waals surface area contributed by atoms with Gasteiger partial charge in [0.25, 0.3) is 0 Å². The third-order valence-corrected chi connectivity index (χ3v) is 3.97. The van der Waals surface area contributed by atoms with Crippen molar-refractivity contribution in [3.8, 4) is 0 Å². The molecule has 16 heavy (non-hydrogen) atoms. The van der Waals surface area contributed by atoms with Gasteiger partial charge in [0, 0.05) is 12.6 Å². The van der Waals surface area contributed by atoms with E-state index in [0.29, 0.717) is 6.04 Å². The lowest BCUT2D eigenvalue weighted by molar-refractivity contribution is 0.417. The Morgan fingerprint density at radius 1 is 1.12 bits per heavy atom. The molecule has 0 aromatic heterocycles. The van der Waals surface area contributed by atoms with Crippen LogP contribution >= 0.6 is 0 Å². The lowest BCUT2D eigenvalue weighted by Crippen LogP contribution is -2.43. The number of guanidine groups is 1. The molecule has 0 heterocycles. The molecule has 3 rings (SSSR count). The molecule has 0 bridgehead atoms. The molecule has 0 amide bonds. The molecule has 3 aliphatic carbocycles. The summed E-state index contributed by atoms with van der Waals surface area (Å²) in [5, 5.41) is 3.33. The van der Waals surface area contributed by atoms with E-state index < -0.39 is 0 Å². The molecular weight excluding hydrogens is 200 g/mol. The monoisotopic (exact) mass is 222 g/mol. The Morgan fingerprint density at radius 3 is 2.19 bits per heavy atom. The van der Waals surface area contributed by atoms with E-state index >= 15 is 0 Å². The van der Waals surface area contributed by atoms with Crippen LogP contribution in [0.3, 0.4) is 0 Å². The number of aliphatic imine (C=N–C) groups is 1. The number of hydrazine groups is 1. The summed E-state index contributed by atoms with van der Waals surface area (Å²) in [6, 6.07) is 0.620. The van der Waals surface area contributed by atoms with Crippen molar-refractivity contribution in [2.45, 2.75) is 44.6 Å². The smallest absolute Gasteiger partial charge is 0.205 e. The van der Waals surface area contributed by atoms with E-state index in [1.807, 2.05) is 0 Å². The third-order valence-electron chi connectivity index (χ3n) is 3.97. The second-order valence-corrected chi connectivity index (χ2v) is 5.59. The van der Waals surface area contributed by atoms with E-state index in [-0.39, 0.29) is 0 Å². The zero-order valence-electron chi connectivity index (χ0n) is 9.78. The fraction of sp³-hybridized carbons (Fsp3) is 0.917. The van der Waals surface area contributed by atoms with Crippen LogP contribution in [0, 0.1) is 17.8 Å². The van der Waals surface area contributed by atoms with Gasteiger partial charge in [0.1, 0.15) is 0 Å². The van der Waals surface area contributed by atoms with Crippen molar-refractivity contribution in [2.24, 2.45) is 28.6 Å².